The van der Waals surface area contributed by atoms with E-state index in [1.54, 1.807) is 30.2 Å². The largest absolute Gasteiger partial charge is 0.497 e. The first kappa shape index (κ1) is 21.8. The van der Waals surface area contributed by atoms with Gasteiger partial charge in [0.15, 0.2) is 5.72 Å². The van der Waals surface area contributed by atoms with E-state index < -0.39 is 5.72 Å². The molecule has 1 fully saturated rings. The van der Waals surface area contributed by atoms with Crippen molar-refractivity contribution in [1.29, 1.82) is 0 Å². The van der Waals surface area contributed by atoms with Gasteiger partial charge in [-0.1, -0.05) is 35.9 Å². The number of nitrogens with zero attached hydrogens (tertiary/aromatic N) is 1. The molecular formula is C27H27N3O4. The Kier molecular flexibility index (Phi) is 5.40. The highest BCUT2D eigenvalue weighted by atomic mass is 16.5. The minimum atomic E-state index is -0.870. The number of ether oxygens (including phenoxy) is 2. The third-order valence-electron chi connectivity index (χ3n) is 6.38. The monoisotopic (exact) mass is 457 g/mol. The average Bonchev–Trinajstić information content (AvgIpc) is 2.83. The van der Waals surface area contributed by atoms with E-state index in [0.717, 1.165) is 28.2 Å². The predicted molar refractivity (Wildman–Crippen MR) is 129 cm³/mol. The van der Waals surface area contributed by atoms with Crippen molar-refractivity contribution < 1.29 is 19.1 Å². The summed E-state index contributed by atoms with van der Waals surface area (Å²) in [5, 5.41) is 6.04. The van der Waals surface area contributed by atoms with E-state index in [0.29, 0.717) is 24.2 Å². The summed E-state index contributed by atoms with van der Waals surface area (Å²) in [6, 6.07) is 20.2. The first-order valence-electron chi connectivity index (χ1n) is 11.3. The highest BCUT2D eigenvalue weighted by Crippen LogP contribution is 2.45. The highest BCUT2D eigenvalue weighted by molar-refractivity contribution is 5.99. The van der Waals surface area contributed by atoms with E-state index in [2.05, 4.69) is 16.7 Å². The molecule has 2 aliphatic heterocycles. The number of urea groups is 1. The standard InChI is InChI=1S/C27H27N3O4/c1-17-10-11-24-22(12-17)23-15-27(2,34-24)30(26(32)29-23)20-8-5-7-19(14-20)25(31)28-16-18-6-4-9-21(13-18)33-3/h4-14,23H,15-16H2,1-3H3,(H,28,31)(H,29,32)/t23-,27-/m1/s1. The Morgan fingerprint density at radius 2 is 2.00 bits per heavy atom. The number of aryl methyl sites for hydroxylation is 1. The Hall–Kier alpha value is -4.00. The van der Waals surface area contributed by atoms with Crippen molar-refractivity contribution in [3.05, 3.63) is 89.0 Å². The summed E-state index contributed by atoms with van der Waals surface area (Å²) in [7, 11) is 1.61. The summed E-state index contributed by atoms with van der Waals surface area (Å²) in [5.74, 6) is 1.28. The van der Waals surface area contributed by atoms with Crippen molar-refractivity contribution in [3.8, 4) is 11.5 Å². The van der Waals surface area contributed by atoms with E-state index >= 15 is 0 Å². The highest BCUT2D eigenvalue weighted by Gasteiger charge is 2.49. The van der Waals surface area contributed by atoms with Gasteiger partial charge in [-0.3, -0.25) is 9.69 Å². The van der Waals surface area contributed by atoms with Crippen LogP contribution in [0.25, 0.3) is 0 Å². The zero-order valence-corrected chi connectivity index (χ0v) is 19.4. The van der Waals surface area contributed by atoms with E-state index in [9.17, 15) is 9.59 Å². The van der Waals surface area contributed by atoms with Crippen LogP contribution in [0.5, 0.6) is 11.5 Å². The fourth-order valence-electron chi connectivity index (χ4n) is 4.74. The van der Waals surface area contributed by atoms with Crippen molar-refractivity contribution in [2.75, 3.05) is 12.0 Å². The van der Waals surface area contributed by atoms with Gasteiger partial charge in [-0.05, 0) is 55.8 Å². The van der Waals surface area contributed by atoms with E-state index in [1.165, 1.54) is 0 Å². The third-order valence-corrected chi connectivity index (χ3v) is 6.38. The molecule has 0 aromatic heterocycles. The maximum atomic E-state index is 13.2. The minimum absolute atomic E-state index is 0.119. The Labute approximate surface area is 198 Å². The molecule has 0 aliphatic carbocycles. The van der Waals surface area contributed by atoms with Gasteiger partial charge in [0.2, 0.25) is 0 Å². The molecule has 0 spiro atoms. The van der Waals surface area contributed by atoms with Gasteiger partial charge in [-0.2, -0.15) is 0 Å². The quantitative estimate of drug-likeness (QED) is 0.582. The lowest BCUT2D eigenvalue weighted by molar-refractivity contribution is 0.0378. The van der Waals surface area contributed by atoms with Crippen LogP contribution in [0.4, 0.5) is 10.5 Å². The molecule has 3 aromatic rings. The fourth-order valence-corrected chi connectivity index (χ4v) is 4.74. The maximum Gasteiger partial charge on any atom is 0.325 e. The summed E-state index contributed by atoms with van der Waals surface area (Å²) < 4.78 is 11.6. The second-order valence-electron chi connectivity index (χ2n) is 8.94. The molecule has 3 aromatic carbocycles. The molecule has 5 rings (SSSR count). The first-order chi connectivity index (χ1) is 16.4. The SMILES string of the molecule is COc1cccc(CNC(=O)c2cccc(N3C(=O)N[C@@H]4C[C@@]3(C)Oc3ccc(C)cc34)c2)c1. The molecule has 3 amide bonds. The molecule has 2 bridgehead atoms. The molecular weight excluding hydrogens is 430 g/mol. The zero-order valence-electron chi connectivity index (χ0n) is 19.4. The van der Waals surface area contributed by atoms with Gasteiger partial charge < -0.3 is 20.1 Å². The molecule has 34 heavy (non-hydrogen) atoms. The lowest BCUT2D eigenvalue weighted by Crippen LogP contribution is -2.65. The number of fused-ring (bicyclic) bond motifs is 4. The second kappa shape index (κ2) is 8.41. The number of anilines is 1. The van der Waals surface area contributed by atoms with Gasteiger partial charge in [0.05, 0.1) is 18.8 Å². The van der Waals surface area contributed by atoms with Gasteiger partial charge in [-0.15, -0.1) is 0 Å². The van der Waals surface area contributed by atoms with Crippen LogP contribution in [0, 0.1) is 6.92 Å². The number of methoxy groups -OCH3 is 1. The number of carbonyl (C=O) groups is 2. The molecule has 2 atom stereocenters. The van der Waals surface area contributed by atoms with Crippen molar-refractivity contribution in [1.82, 2.24) is 10.6 Å². The Morgan fingerprint density at radius 3 is 2.82 bits per heavy atom. The van der Waals surface area contributed by atoms with Crippen LogP contribution >= 0.6 is 0 Å². The van der Waals surface area contributed by atoms with Crippen molar-refractivity contribution in [3.63, 3.8) is 0 Å². The topological polar surface area (TPSA) is 79.9 Å². The van der Waals surface area contributed by atoms with Crippen molar-refractivity contribution >= 4 is 17.6 Å². The van der Waals surface area contributed by atoms with Crippen LogP contribution in [0.2, 0.25) is 0 Å². The smallest absolute Gasteiger partial charge is 0.325 e. The van der Waals surface area contributed by atoms with Gasteiger partial charge in [0, 0.05) is 24.1 Å². The third kappa shape index (κ3) is 3.94. The van der Waals surface area contributed by atoms with Gasteiger partial charge >= 0.3 is 6.03 Å². The van der Waals surface area contributed by atoms with E-state index in [4.69, 9.17) is 9.47 Å². The molecule has 1 saturated heterocycles. The van der Waals surface area contributed by atoms with Crippen LogP contribution < -0.4 is 25.0 Å². The molecule has 174 valence electrons. The van der Waals surface area contributed by atoms with Gasteiger partial charge in [0.1, 0.15) is 11.5 Å². The molecule has 2 heterocycles. The number of nitrogens with one attached hydrogen (secondary N) is 2. The Bertz CT molecular complexity index is 1270. The predicted octanol–water partition coefficient (Wildman–Crippen LogP) is 4.70. The summed E-state index contributed by atoms with van der Waals surface area (Å²) >= 11 is 0. The van der Waals surface area contributed by atoms with Gasteiger partial charge in [-0.25, -0.2) is 4.79 Å². The Balaban J connectivity index is 1.38. The van der Waals surface area contributed by atoms with E-state index in [1.807, 2.05) is 56.3 Å². The second-order valence-corrected chi connectivity index (χ2v) is 8.94. The molecule has 2 aliphatic rings. The van der Waals surface area contributed by atoms with Crippen molar-refractivity contribution in [2.24, 2.45) is 0 Å². The summed E-state index contributed by atoms with van der Waals surface area (Å²) in [5.41, 5.74) is 3.24. The number of amides is 3. The number of hydrogen-bond acceptors (Lipinski definition) is 4. The van der Waals surface area contributed by atoms with Crippen LogP contribution in [-0.2, 0) is 6.54 Å². The molecule has 2 N–H and O–H groups in total. The number of benzene rings is 3. The Morgan fingerprint density at radius 1 is 1.18 bits per heavy atom. The number of rotatable bonds is 5. The van der Waals surface area contributed by atoms with Crippen LogP contribution in [0.15, 0.2) is 66.7 Å². The molecule has 0 radical (unpaired) electrons. The summed E-state index contributed by atoms with van der Waals surface area (Å²) in [6.07, 6.45) is 0.599. The summed E-state index contributed by atoms with van der Waals surface area (Å²) in [4.78, 5) is 27.7. The van der Waals surface area contributed by atoms with Gasteiger partial charge in [0.25, 0.3) is 5.91 Å². The lowest BCUT2D eigenvalue weighted by Gasteiger charge is -2.50. The zero-order chi connectivity index (χ0) is 23.9. The molecule has 0 saturated carbocycles. The van der Waals surface area contributed by atoms with Crippen LogP contribution in [0.3, 0.4) is 0 Å². The normalized spacial score (nSPS) is 20.6. The molecule has 7 nitrogen and oxygen atoms in total. The van der Waals surface area contributed by atoms with Crippen LogP contribution in [0.1, 0.15) is 46.4 Å². The van der Waals surface area contributed by atoms with Crippen molar-refractivity contribution in [2.45, 2.75) is 38.6 Å². The first-order valence-corrected chi connectivity index (χ1v) is 11.3. The summed E-state index contributed by atoms with van der Waals surface area (Å²) in [6.45, 7) is 4.30. The maximum absolute atomic E-state index is 13.2. The fraction of sp³-hybridized carbons (Fsp3) is 0.259. The van der Waals surface area contributed by atoms with E-state index in [-0.39, 0.29) is 18.0 Å². The molecule has 0 unspecified atom stereocenters. The average molecular weight is 458 g/mol. The van der Waals surface area contributed by atoms with Crippen LogP contribution in [-0.4, -0.2) is 24.8 Å². The number of hydrogen-bond donors (Lipinski definition) is 2. The lowest BCUT2D eigenvalue weighted by atomic mass is 9.89. The number of carbonyl (C=O) groups excluding carboxylic acids is 2. The minimum Gasteiger partial charge on any atom is -0.497 e. The molecule has 7 heteroatoms.